The summed E-state index contributed by atoms with van der Waals surface area (Å²) in [7, 11) is -2.31. The van der Waals surface area contributed by atoms with E-state index in [1.165, 1.54) is 0 Å². The van der Waals surface area contributed by atoms with E-state index in [0.29, 0.717) is 0 Å². The summed E-state index contributed by atoms with van der Waals surface area (Å²) in [5.74, 6) is -0.417. The van der Waals surface area contributed by atoms with Crippen molar-refractivity contribution in [2.45, 2.75) is 18.9 Å². The van der Waals surface area contributed by atoms with E-state index < -0.39 is 25.0 Å². The minimum Gasteiger partial charge on any atom is -0.212 e. The second kappa shape index (κ2) is 4.31. The molecule has 1 rings (SSSR count). The maximum atomic E-state index is 11.1. The average Bonchev–Trinajstić information content (AvgIpc) is 2.66. The first kappa shape index (κ1) is 12.2. The lowest BCUT2D eigenvalue weighted by molar-refractivity contribution is 0.567. The highest BCUT2D eigenvalue weighted by Crippen LogP contribution is 2.19. The van der Waals surface area contributed by atoms with Crippen molar-refractivity contribution in [3.8, 4) is 0 Å². The van der Waals surface area contributed by atoms with Crippen molar-refractivity contribution >= 4 is 29.9 Å². The summed E-state index contributed by atoms with van der Waals surface area (Å²) in [6, 6.07) is 0.000101. The van der Waals surface area contributed by atoms with Gasteiger partial charge in [0.25, 0.3) is 10.2 Å². The zero-order chi connectivity index (χ0) is 10.8. The smallest absolute Gasteiger partial charge is 0.212 e. The SMILES string of the molecule is O=S(=O)(Cl)CCNS(=O)(=O)NC1CC1. The molecule has 1 aliphatic rings. The molecule has 0 amide bonds. The van der Waals surface area contributed by atoms with Gasteiger partial charge in [0, 0.05) is 23.3 Å². The van der Waals surface area contributed by atoms with Crippen molar-refractivity contribution in [1.82, 2.24) is 9.44 Å². The van der Waals surface area contributed by atoms with Crippen LogP contribution in [0.2, 0.25) is 0 Å². The fraction of sp³-hybridized carbons (Fsp3) is 1.00. The highest BCUT2D eigenvalue weighted by molar-refractivity contribution is 8.13. The minimum absolute atomic E-state index is 0.000101. The summed E-state index contributed by atoms with van der Waals surface area (Å²) in [5, 5.41) is 0. The second-order valence-corrected chi connectivity index (χ2v) is 7.46. The molecule has 0 unspecified atom stereocenters. The Hall–Kier alpha value is 0.110. The van der Waals surface area contributed by atoms with Gasteiger partial charge in [-0.2, -0.15) is 13.1 Å². The van der Waals surface area contributed by atoms with Crippen molar-refractivity contribution in [2.75, 3.05) is 12.3 Å². The molecule has 0 atom stereocenters. The van der Waals surface area contributed by atoms with E-state index in [-0.39, 0.29) is 12.6 Å². The summed E-state index contributed by atoms with van der Waals surface area (Å²) in [5.41, 5.74) is 0. The van der Waals surface area contributed by atoms with Gasteiger partial charge in [-0.3, -0.25) is 0 Å². The van der Waals surface area contributed by atoms with E-state index in [1.54, 1.807) is 0 Å². The van der Waals surface area contributed by atoms with Crippen molar-refractivity contribution in [3.05, 3.63) is 0 Å². The highest BCUT2D eigenvalue weighted by atomic mass is 35.7. The molecule has 0 saturated heterocycles. The summed E-state index contributed by atoms with van der Waals surface area (Å²) < 4.78 is 47.6. The molecule has 0 heterocycles. The van der Waals surface area contributed by atoms with Crippen molar-refractivity contribution in [3.63, 3.8) is 0 Å². The van der Waals surface area contributed by atoms with Gasteiger partial charge in [0.1, 0.15) is 0 Å². The molecule has 1 saturated carbocycles. The third kappa shape index (κ3) is 5.76. The molecular weight excluding hydrogens is 252 g/mol. The van der Waals surface area contributed by atoms with Crippen LogP contribution in [0, 0.1) is 0 Å². The molecule has 0 aromatic heterocycles. The Kier molecular flexibility index (Phi) is 3.75. The van der Waals surface area contributed by atoms with Crippen LogP contribution < -0.4 is 9.44 Å². The van der Waals surface area contributed by atoms with E-state index in [1.807, 2.05) is 0 Å². The van der Waals surface area contributed by atoms with Crippen LogP contribution in [0.4, 0.5) is 0 Å². The Morgan fingerprint density at radius 3 is 2.21 bits per heavy atom. The molecular formula is C5H11ClN2O4S2. The zero-order valence-corrected chi connectivity index (χ0v) is 9.62. The zero-order valence-electron chi connectivity index (χ0n) is 7.23. The predicted molar refractivity (Wildman–Crippen MR) is 52.7 cm³/mol. The average molecular weight is 263 g/mol. The maximum Gasteiger partial charge on any atom is 0.277 e. The normalized spacial score (nSPS) is 18.4. The third-order valence-corrected chi connectivity index (χ3v) is 3.92. The van der Waals surface area contributed by atoms with Crippen LogP contribution in [0.15, 0.2) is 0 Å². The van der Waals surface area contributed by atoms with E-state index in [4.69, 9.17) is 10.7 Å². The minimum atomic E-state index is -3.64. The van der Waals surface area contributed by atoms with Gasteiger partial charge in [0.15, 0.2) is 0 Å². The van der Waals surface area contributed by atoms with Crippen molar-refractivity contribution in [1.29, 1.82) is 0 Å². The Morgan fingerprint density at radius 1 is 1.21 bits per heavy atom. The molecule has 0 aromatic carbocycles. The molecule has 6 nitrogen and oxygen atoms in total. The van der Waals surface area contributed by atoms with Gasteiger partial charge < -0.3 is 0 Å². The molecule has 2 N–H and O–H groups in total. The molecule has 0 bridgehead atoms. The summed E-state index contributed by atoms with van der Waals surface area (Å²) >= 11 is 0. The molecule has 0 radical (unpaired) electrons. The van der Waals surface area contributed by atoms with Gasteiger partial charge in [-0.05, 0) is 12.8 Å². The van der Waals surface area contributed by atoms with Crippen molar-refractivity contribution < 1.29 is 16.8 Å². The number of rotatable bonds is 6. The largest absolute Gasteiger partial charge is 0.277 e. The molecule has 14 heavy (non-hydrogen) atoms. The van der Waals surface area contributed by atoms with Crippen LogP contribution in [-0.4, -0.2) is 35.2 Å². The van der Waals surface area contributed by atoms with Crippen molar-refractivity contribution in [2.24, 2.45) is 0 Å². The molecule has 0 aromatic rings. The van der Waals surface area contributed by atoms with Gasteiger partial charge in [-0.25, -0.2) is 13.1 Å². The Morgan fingerprint density at radius 2 is 1.79 bits per heavy atom. The van der Waals surface area contributed by atoms with Gasteiger partial charge in [-0.1, -0.05) is 0 Å². The first-order valence-electron chi connectivity index (χ1n) is 3.98. The molecule has 0 aliphatic heterocycles. The number of hydrogen-bond acceptors (Lipinski definition) is 4. The predicted octanol–water partition coefficient (Wildman–Crippen LogP) is -0.859. The fourth-order valence-electron chi connectivity index (χ4n) is 0.760. The monoisotopic (exact) mass is 262 g/mol. The molecule has 1 fully saturated rings. The van der Waals surface area contributed by atoms with Crippen LogP contribution in [-0.2, 0) is 19.3 Å². The topological polar surface area (TPSA) is 92.3 Å². The van der Waals surface area contributed by atoms with E-state index >= 15 is 0 Å². The first-order chi connectivity index (χ1) is 6.29. The lowest BCUT2D eigenvalue weighted by Gasteiger charge is -2.05. The standard InChI is InChI=1S/C5H11ClN2O4S2/c6-13(9,10)4-3-7-14(11,12)8-5-1-2-5/h5,7-8H,1-4H2. The fourth-order valence-corrected chi connectivity index (χ4v) is 2.60. The van der Waals surface area contributed by atoms with Crippen LogP contribution in [0.25, 0.3) is 0 Å². The van der Waals surface area contributed by atoms with Crippen LogP contribution >= 0.6 is 10.7 Å². The maximum absolute atomic E-state index is 11.1. The Balaban J connectivity index is 2.29. The van der Waals surface area contributed by atoms with Gasteiger partial charge in [-0.15, -0.1) is 0 Å². The number of nitrogens with one attached hydrogen (secondary N) is 2. The van der Waals surface area contributed by atoms with E-state index in [9.17, 15) is 16.8 Å². The number of halogens is 1. The second-order valence-electron chi connectivity index (χ2n) is 3.03. The third-order valence-electron chi connectivity index (χ3n) is 1.54. The summed E-state index contributed by atoms with van der Waals surface area (Å²) in [6.07, 6.45) is 1.66. The first-order valence-corrected chi connectivity index (χ1v) is 7.94. The Bertz CT molecular complexity index is 386. The highest BCUT2D eigenvalue weighted by Gasteiger charge is 2.26. The molecule has 1 aliphatic carbocycles. The lowest BCUT2D eigenvalue weighted by atomic mass is 10.8. The van der Waals surface area contributed by atoms with E-state index in [0.717, 1.165) is 12.8 Å². The van der Waals surface area contributed by atoms with Gasteiger partial charge >= 0.3 is 0 Å². The molecule has 9 heteroatoms. The number of hydrogen-bond donors (Lipinski definition) is 2. The van der Waals surface area contributed by atoms with Crippen LogP contribution in [0.3, 0.4) is 0 Å². The van der Waals surface area contributed by atoms with Gasteiger partial charge in [0.05, 0.1) is 5.75 Å². The van der Waals surface area contributed by atoms with E-state index in [2.05, 4.69) is 9.44 Å². The Labute approximate surface area is 87.6 Å². The van der Waals surface area contributed by atoms with Crippen LogP contribution in [0.5, 0.6) is 0 Å². The van der Waals surface area contributed by atoms with Crippen LogP contribution in [0.1, 0.15) is 12.8 Å². The summed E-state index contributed by atoms with van der Waals surface area (Å²) in [6.45, 7) is -0.214. The quantitative estimate of drug-likeness (QED) is 0.610. The summed E-state index contributed by atoms with van der Waals surface area (Å²) in [4.78, 5) is 0. The molecule has 84 valence electrons. The lowest BCUT2D eigenvalue weighted by Crippen LogP contribution is -2.39. The molecule has 0 spiro atoms. The van der Waals surface area contributed by atoms with Gasteiger partial charge in [0.2, 0.25) is 9.05 Å².